The SMILES string of the molecule is Cc1ccnc(N2CCCC2c2ccc3c(c2)OCCO3)n1. The van der Waals surface area contributed by atoms with Gasteiger partial charge < -0.3 is 14.4 Å². The highest BCUT2D eigenvalue weighted by atomic mass is 16.6. The third kappa shape index (κ3) is 2.36. The number of hydrogen-bond acceptors (Lipinski definition) is 5. The van der Waals surface area contributed by atoms with Crippen LogP contribution in [0.2, 0.25) is 0 Å². The first-order chi connectivity index (χ1) is 10.8. The van der Waals surface area contributed by atoms with E-state index in [2.05, 4.69) is 27.0 Å². The van der Waals surface area contributed by atoms with Gasteiger partial charge in [0.2, 0.25) is 5.95 Å². The molecule has 2 aliphatic rings. The minimum atomic E-state index is 0.303. The lowest BCUT2D eigenvalue weighted by Gasteiger charge is -2.26. The molecular formula is C17H19N3O2. The largest absolute Gasteiger partial charge is 0.486 e. The molecule has 0 spiro atoms. The molecule has 3 heterocycles. The number of aryl methyl sites for hydroxylation is 1. The first-order valence-electron chi connectivity index (χ1n) is 7.77. The summed E-state index contributed by atoms with van der Waals surface area (Å²) in [5.41, 5.74) is 2.24. The van der Waals surface area contributed by atoms with Crippen LogP contribution in [0.3, 0.4) is 0 Å². The standard InChI is InChI=1S/C17H19N3O2/c1-12-6-7-18-17(19-12)20-8-2-3-14(20)13-4-5-15-16(11-13)22-10-9-21-15/h4-7,11,14H,2-3,8-10H2,1H3. The van der Waals surface area contributed by atoms with Crippen LogP contribution in [0.25, 0.3) is 0 Å². The molecule has 114 valence electrons. The van der Waals surface area contributed by atoms with Gasteiger partial charge in [0.25, 0.3) is 0 Å². The van der Waals surface area contributed by atoms with E-state index in [1.807, 2.05) is 25.3 Å². The van der Waals surface area contributed by atoms with Crippen LogP contribution in [0.15, 0.2) is 30.5 Å². The maximum Gasteiger partial charge on any atom is 0.226 e. The fourth-order valence-electron chi connectivity index (χ4n) is 3.19. The molecule has 4 rings (SSSR count). The van der Waals surface area contributed by atoms with Gasteiger partial charge in [-0.1, -0.05) is 6.07 Å². The molecule has 22 heavy (non-hydrogen) atoms. The molecule has 1 atom stereocenters. The Balaban J connectivity index is 1.66. The average molecular weight is 297 g/mol. The Labute approximate surface area is 129 Å². The van der Waals surface area contributed by atoms with E-state index in [9.17, 15) is 0 Å². The summed E-state index contributed by atoms with van der Waals surface area (Å²) in [5.74, 6) is 2.50. The third-order valence-electron chi connectivity index (χ3n) is 4.24. The van der Waals surface area contributed by atoms with Crippen LogP contribution in [-0.2, 0) is 0 Å². The molecule has 5 nitrogen and oxygen atoms in total. The lowest BCUT2D eigenvalue weighted by molar-refractivity contribution is 0.171. The first-order valence-corrected chi connectivity index (χ1v) is 7.77. The van der Waals surface area contributed by atoms with Gasteiger partial charge in [0.05, 0.1) is 6.04 Å². The molecule has 2 aliphatic heterocycles. The highest BCUT2D eigenvalue weighted by Crippen LogP contribution is 2.39. The Morgan fingerprint density at radius 2 is 2.00 bits per heavy atom. The number of hydrogen-bond donors (Lipinski definition) is 0. The van der Waals surface area contributed by atoms with Crippen molar-refractivity contribution in [2.24, 2.45) is 0 Å². The van der Waals surface area contributed by atoms with E-state index in [4.69, 9.17) is 9.47 Å². The summed E-state index contributed by atoms with van der Waals surface area (Å²) >= 11 is 0. The minimum absolute atomic E-state index is 0.303. The lowest BCUT2D eigenvalue weighted by atomic mass is 10.0. The van der Waals surface area contributed by atoms with Crippen molar-refractivity contribution in [3.63, 3.8) is 0 Å². The van der Waals surface area contributed by atoms with Crippen LogP contribution in [0.5, 0.6) is 11.5 Å². The topological polar surface area (TPSA) is 47.5 Å². The Bertz CT molecular complexity index is 689. The van der Waals surface area contributed by atoms with Crippen LogP contribution in [0.1, 0.15) is 30.1 Å². The highest BCUT2D eigenvalue weighted by molar-refractivity contribution is 5.47. The predicted molar refractivity (Wildman–Crippen MR) is 83.5 cm³/mol. The summed E-state index contributed by atoms with van der Waals surface area (Å²) in [5, 5.41) is 0. The van der Waals surface area contributed by atoms with E-state index in [1.165, 1.54) is 5.56 Å². The van der Waals surface area contributed by atoms with Crippen molar-refractivity contribution in [2.75, 3.05) is 24.7 Å². The summed E-state index contributed by atoms with van der Waals surface area (Å²) in [6.07, 6.45) is 4.09. The van der Waals surface area contributed by atoms with Gasteiger partial charge in [-0.05, 0) is 43.5 Å². The zero-order chi connectivity index (χ0) is 14.9. The number of aromatic nitrogens is 2. The Morgan fingerprint density at radius 1 is 1.14 bits per heavy atom. The second kappa shape index (κ2) is 5.48. The van der Waals surface area contributed by atoms with Crippen molar-refractivity contribution in [3.05, 3.63) is 41.7 Å². The summed E-state index contributed by atoms with van der Waals surface area (Å²) in [6.45, 7) is 4.23. The molecule has 1 unspecified atom stereocenters. The van der Waals surface area contributed by atoms with Crippen molar-refractivity contribution in [2.45, 2.75) is 25.8 Å². The van der Waals surface area contributed by atoms with Crippen molar-refractivity contribution in [1.82, 2.24) is 9.97 Å². The van der Waals surface area contributed by atoms with Crippen LogP contribution < -0.4 is 14.4 Å². The molecule has 2 aromatic rings. The normalized spacial score (nSPS) is 20.2. The second-order valence-corrected chi connectivity index (χ2v) is 5.75. The molecule has 1 fully saturated rings. The zero-order valence-electron chi connectivity index (χ0n) is 12.7. The fourth-order valence-corrected chi connectivity index (χ4v) is 3.19. The van der Waals surface area contributed by atoms with Gasteiger partial charge in [-0.2, -0.15) is 0 Å². The van der Waals surface area contributed by atoms with E-state index < -0.39 is 0 Å². The van der Waals surface area contributed by atoms with E-state index in [-0.39, 0.29) is 0 Å². The second-order valence-electron chi connectivity index (χ2n) is 5.75. The van der Waals surface area contributed by atoms with E-state index in [1.54, 1.807) is 0 Å². The van der Waals surface area contributed by atoms with Gasteiger partial charge in [0.1, 0.15) is 13.2 Å². The van der Waals surface area contributed by atoms with E-state index in [0.29, 0.717) is 19.3 Å². The maximum atomic E-state index is 5.71. The molecule has 0 saturated carbocycles. The van der Waals surface area contributed by atoms with Gasteiger partial charge in [0.15, 0.2) is 11.5 Å². The third-order valence-corrected chi connectivity index (χ3v) is 4.24. The molecule has 0 N–H and O–H groups in total. The number of rotatable bonds is 2. The Kier molecular flexibility index (Phi) is 3.33. The molecular weight excluding hydrogens is 278 g/mol. The zero-order valence-corrected chi connectivity index (χ0v) is 12.7. The molecule has 5 heteroatoms. The van der Waals surface area contributed by atoms with Gasteiger partial charge in [-0.3, -0.25) is 0 Å². The minimum Gasteiger partial charge on any atom is -0.486 e. The Hall–Kier alpha value is -2.30. The van der Waals surface area contributed by atoms with Gasteiger partial charge in [-0.15, -0.1) is 0 Å². The molecule has 0 radical (unpaired) electrons. The van der Waals surface area contributed by atoms with Crippen molar-refractivity contribution in [3.8, 4) is 11.5 Å². The molecule has 0 bridgehead atoms. The van der Waals surface area contributed by atoms with Crippen LogP contribution in [0, 0.1) is 6.92 Å². The van der Waals surface area contributed by atoms with Crippen LogP contribution in [0.4, 0.5) is 5.95 Å². The number of benzene rings is 1. The monoisotopic (exact) mass is 297 g/mol. The number of ether oxygens (including phenoxy) is 2. The van der Waals surface area contributed by atoms with Gasteiger partial charge >= 0.3 is 0 Å². The number of nitrogens with zero attached hydrogens (tertiary/aromatic N) is 3. The Morgan fingerprint density at radius 3 is 2.86 bits per heavy atom. The quantitative estimate of drug-likeness (QED) is 0.853. The fraction of sp³-hybridized carbons (Fsp3) is 0.412. The summed E-state index contributed by atoms with van der Waals surface area (Å²) < 4.78 is 11.3. The maximum absolute atomic E-state index is 5.71. The highest BCUT2D eigenvalue weighted by Gasteiger charge is 2.29. The van der Waals surface area contributed by atoms with E-state index >= 15 is 0 Å². The predicted octanol–water partition coefficient (Wildman–Crippen LogP) is 2.90. The lowest BCUT2D eigenvalue weighted by Crippen LogP contribution is -2.25. The molecule has 1 aromatic heterocycles. The number of anilines is 1. The van der Waals surface area contributed by atoms with Crippen molar-refractivity contribution in [1.29, 1.82) is 0 Å². The average Bonchev–Trinajstić information content (AvgIpc) is 3.04. The smallest absolute Gasteiger partial charge is 0.226 e. The molecule has 0 aliphatic carbocycles. The van der Waals surface area contributed by atoms with Crippen molar-refractivity contribution >= 4 is 5.95 Å². The van der Waals surface area contributed by atoms with Crippen LogP contribution in [-0.4, -0.2) is 29.7 Å². The first kappa shape index (κ1) is 13.4. The van der Waals surface area contributed by atoms with Gasteiger partial charge in [0, 0.05) is 18.4 Å². The van der Waals surface area contributed by atoms with Gasteiger partial charge in [-0.25, -0.2) is 9.97 Å². The van der Waals surface area contributed by atoms with Crippen molar-refractivity contribution < 1.29 is 9.47 Å². The number of fused-ring (bicyclic) bond motifs is 1. The van der Waals surface area contributed by atoms with E-state index in [0.717, 1.165) is 42.5 Å². The molecule has 1 saturated heterocycles. The summed E-state index contributed by atoms with van der Waals surface area (Å²) in [6, 6.07) is 8.48. The summed E-state index contributed by atoms with van der Waals surface area (Å²) in [7, 11) is 0. The molecule has 1 aromatic carbocycles. The molecule has 0 amide bonds. The summed E-state index contributed by atoms with van der Waals surface area (Å²) in [4.78, 5) is 11.3. The van der Waals surface area contributed by atoms with Crippen LogP contribution >= 0.6 is 0 Å².